The smallest absolute Gasteiger partial charge is 0.255 e. The number of nitrogens with one attached hydrogen (secondary N) is 1. The van der Waals surface area contributed by atoms with Crippen LogP contribution in [0.1, 0.15) is 12.0 Å². The van der Waals surface area contributed by atoms with Gasteiger partial charge in [-0.25, -0.2) is 8.78 Å². The van der Waals surface area contributed by atoms with Crippen molar-refractivity contribution in [3.05, 3.63) is 35.9 Å². The van der Waals surface area contributed by atoms with Crippen molar-refractivity contribution >= 4 is 0 Å². The lowest BCUT2D eigenvalue weighted by molar-refractivity contribution is 0.0945. The van der Waals surface area contributed by atoms with Gasteiger partial charge in [0.05, 0.1) is 6.04 Å². The molecular weight excluding hydrogens is 186 g/mol. The number of hydrazine groups is 1. The highest BCUT2D eigenvalue weighted by atomic mass is 19.3. The fourth-order valence-corrected chi connectivity index (χ4v) is 1.25. The van der Waals surface area contributed by atoms with Crippen LogP contribution in [0.25, 0.3) is 0 Å². The summed E-state index contributed by atoms with van der Waals surface area (Å²) in [4.78, 5) is 0. The van der Waals surface area contributed by atoms with Crippen molar-refractivity contribution in [2.24, 2.45) is 5.84 Å². The highest BCUT2D eigenvalue weighted by Gasteiger charge is 2.17. The predicted molar refractivity (Wildman–Crippen MR) is 51.9 cm³/mol. The van der Waals surface area contributed by atoms with E-state index in [1.54, 1.807) is 0 Å². The average Bonchev–Trinajstić information content (AvgIpc) is 2.20. The zero-order valence-electron chi connectivity index (χ0n) is 7.79. The van der Waals surface area contributed by atoms with Gasteiger partial charge in [0.1, 0.15) is 0 Å². The van der Waals surface area contributed by atoms with Crippen LogP contribution >= 0.6 is 0 Å². The molecule has 0 aliphatic carbocycles. The summed E-state index contributed by atoms with van der Waals surface area (Å²) in [6.45, 7) is 0. The van der Waals surface area contributed by atoms with Gasteiger partial charge in [-0.05, 0) is 18.4 Å². The Morgan fingerprint density at radius 1 is 1.21 bits per heavy atom. The molecule has 0 aliphatic heterocycles. The molecule has 0 heterocycles. The maximum absolute atomic E-state index is 12.3. The normalized spacial score (nSPS) is 13.1. The lowest BCUT2D eigenvalue weighted by Gasteiger charge is -2.14. The van der Waals surface area contributed by atoms with Gasteiger partial charge in [-0.2, -0.15) is 0 Å². The lowest BCUT2D eigenvalue weighted by atomic mass is 10.1. The molecule has 0 fully saturated rings. The van der Waals surface area contributed by atoms with E-state index in [-0.39, 0.29) is 0 Å². The molecule has 3 N–H and O–H groups in total. The summed E-state index contributed by atoms with van der Waals surface area (Å²) in [7, 11) is 0. The van der Waals surface area contributed by atoms with Gasteiger partial charge in [0.15, 0.2) is 0 Å². The molecule has 1 aromatic carbocycles. The summed E-state index contributed by atoms with van der Waals surface area (Å²) in [5, 5.41) is 0. The molecule has 1 rings (SSSR count). The first-order valence-electron chi connectivity index (χ1n) is 4.52. The van der Waals surface area contributed by atoms with E-state index < -0.39 is 12.5 Å². The Kier molecular flexibility index (Phi) is 4.49. The number of benzene rings is 1. The molecule has 1 atom stereocenters. The molecule has 4 heteroatoms. The second-order valence-corrected chi connectivity index (χ2v) is 3.13. The molecule has 78 valence electrons. The van der Waals surface area contributed by atoms with Crippen molar-refractivity contribution in [1.82, 2.24) is 5.43 Å². The maximum Gasteiger partial charge on any atom is 0.255 e. The minimum atomic E-state index is -2.41. The van der Waals surface area contributed by atoms with Crippen LogP contribution in [-0.2, 0) is 6.42 Å². The van der Waals surface area contributed by atoms with Crippen LogP contribution in [0.3, 0.4) is 0 Å². The Morgan fingerprint density at radius 2 is 1.86 bits per heavy atom. The fraction of sp³-hybridized carbons (Fsp3) is 0.400. The second kappa shape index (κ2) is 5.67. The average molecular weight is 200 g/mol. The van der Waals surface area contributed by atoms with Crippen LogP contribution in [0, 0.1) is 0 Å². The molecule has 1 unspecified atom stereocenters. The van der Waals surface area contributed by atoms with E-state index in [2.05, 4.69) is 5.43 Å². The van der Waals surface area contributed by atoms with Crippen molar-refractivity contribution in [3.8, 4) is 0 Å². The third-order valence-corrected chi connectivity index (χ3v) is 2.11. The molecule has 2 nitrogen and oxygen atoms in total. The number of hydrogen-bond acceptors (Lipinski definition) is 2. The maximum atomic E-state index is 12.3. The summed E-state index contributed by atoms with van der Waals surface area (Å²) < 4.78 is 24.5. The standard InChI is InChI=1S/C10H14F2N2/c11-10(12)9(14-13)7-6-8-4-2-1-3-5-8/h1-5,9-10,14H,6-7,13H2. The van der Waals surface area contributed by atoms with Crippen molar-refractivity contribution in [1.29, 1.82) is 0 Å². The SMILES string of the molecule is NNC(CCc1ccccc1)C(F)F. The first-order chi connectivity index (χ1) is 6.74. The lowest BCUT2D eigenvalue weighted by Crippen LogP contribution is -2.40. The van der Waals surface area contributed by atoms with Crippen LogP contribution in [0.2, 0.25) is 0 Å². The van der Waals surface area contributed by atoms with Crippen LogP contribution in [0.5, 0.6) is 0 Å². The predicted octanol–water partition coefficient (Wildman–Crippen LogP) is 1.72. The Bertz CT molecular complexity index is 252. The third-order valence-electron chi connectivity index (χ3n) is 2.11. The van der Waals surface area contributed by atoms with Crippen molar-refractivity contribution in [2.75, 3.05) is 0 Å². The molecule has 0 radical (unpaired) electrons. The van der Waals surface area contributed by atoms with E-state index in [4.69, 9.17) is 5.84 Å². The topological polar surface area (TPSA) is 38.0 Å². The van der Waals surface area contributed by atoms with E-state index in [9.17, 15) is 8.78 Å². The van der Waals surface area contributed by atoms with Gasteiger partial charge in [-0.15, -0.1) is 0 Å². The Labute approximate surface area is 82.1 Å². The summed E-state index contributed by atoms with van der Waals surface area (Å²) in [6, 6.07) is 8.59. The molecule has 0 aromatic heterocycles. The first-order valence-corrected chi connectivity index (χ1v) is 4.52. The molecule has 14 heavy (non-hydrogen) atoms. The van der Waals surface area contributed by atoms with Gasteiger partial charge in [0.2, 0.25) is 0 Å². The monoisotopic (exact) mass is 200 g/mol. The van der Waals surface area contributed by atoms with Gasteiger partial charge in [0, 0.05) is 0 Å². The minimum absolute atomic E-state index is 0.345. The number of alkyl halides is 2. The fourth-order valence-electron chi connectivity index (χ4n) is 1.25. The largest absolute Gasteiger partial charge is 0.271 e. The summed E-state index contributed by atoms with van der Waals surface area (Å²) in [5.41, 5.74) is 3.17. The number of rotatable bonds is 5. The van der Waals surface area contributed by atoms with E-state index in [0.29, 0.717) is 12.8 Å². The van der Waals surface area contributed by atoms with E-state index in [1.165, 1.54) is 0 Å². The molecule has 1 aromatic rings. The van der Waals surface area contributed by atoms with Crippen LogP contribution in [-0.4, -0.2) is 12.5 Å². The molecule has 0 aliphatic rings. The number of aryl methyl sites for hydroxylation is 1. The molecule has 0 saturated heterocycles. The van der Waals surface area contributed by atoms with E-state index in [1.807, 2.05) is 30.3 Å². The zero-order valence-corrected chi connectivity index (χ0v) is 7.79. The second-order valence-electron chi connectivity index (χ2n) is 3.13. The van der Waals surface area contributed by atoms with Gasteiger partial charge >= 0.3 is 0 Å². The van der Waals surface area contributed by atoms with Gasteiger partial charge in [-0.3, -0.25) is 11.3 Å². The summed E-state index contributed by atoms with van der Waals surface area (Å²) in [6.07, 6.45) is -1.46. The number of halogens is 2. The Hall–Kier alpha value is -1.00. The quantitative estimate of drug-likeness (QED) is 0.561. The number of nitrogens with two attached hydrogens (primary N) is 1. The molecule has 0 saturated carbocycles. The Balaban J connectivity index is 2.40. The van der Waals surface area contributed by atoms with Gasteiger partial charge in [-0.1, -0.05) is 30.3 Å². The van der Waals surface area contributed by atoms with Crippen molar-refractivity contribution in [3.63, 3.8) is 0 Å². The van der Waals surface area contributed by atoms with Crippen molar-refractivity contribution < 1.29 is 8.78 Å². The molecule has 0 bridgehead atoms. The van der Waals surface area contributed by atoms with Crippen LogP contribution in [0.15, 0.2) is 30.3 Å². The number of hydrogen-bond donors (Lipinski definition) is 2. The van der Waals surface area contributed by atoms with Gasteiger partial charge < -0.3 is 0 Å². The van der Waals surface area contributed by atoms with Crippen LogP contribution < -0.4 is 11.3 Å². The van der Waals surface area contributed by atoms with Gasteiger partial charge in [0.25, 0.3) is 6.43 Å². The van der Waals surface area contributed by atoms with E-state index >= 15 is 0 Å². The third kappa shape index (κ3) is 3.40. The molecule has 0 spiro atoms. The Morgan fingerprint density at radius 3 is 2.36 bits per heavy atom. The van der Waals surface area contributed by atoms with E-state index in [0.717, 1.165) is 5.56 Å². The molecule has 0 amide bonds. The highest BCUT2D eigenvalue weighted by Crippen LogP contribution is 2.09. The first kappa shape index (κ1) is 11.1. The summed E-state index contributed by atoms with van der Waals surface area (Å²) in [5.74, 6) is 5.01. The van der Waals surface area contributed by atoms with Crippen LogP contribution in [0.4, 0.5) is 8.78 Å². The van der Waals surface area contributed by atoms with Crippen molar-refractivity contribution in [2.45, 2.75) is 25.3 Å². The zero-order chi connectivity index (χ0) is 10.4. The summed E-state index contributed by atoms with van der Waals surface area (Å²) >= 11 is 0. The molecular formula is C10H14F2N2. The highest BCUT2D eigenvalue weighted by molar-refractivity contribution is 5.14. The minimum Gasteiger partial charge on any atom is -0.271 e.